The highest BCUT2D eigenvalue weighted by Gasteiger charge is 2.00. The summed E-state index contributed by atoms with van der Waals surface area (Å²) in [6.07, 6.45) is 2.62. The number of urea groups is 1. The Hall–Kier alpha value is -1.77. The number of aryl methyl sites for hydroxylation is 1. The molecule has 0 saturated heterocycles. The number of allylic oxidation sites excluding steroid dienone is 1. The number of benzene rings is 1. The molecule has 0 aliphatic heterocycles. The van der Waals surface area contributed by atoms with E-state index >= 15 is 0 Å². The van der Waals surface area contributed by atoms with Gasteiger partial charge in [0.2, 0.25) is 0 Å². The van der Waals surface area contributed by atoms with E-state index in [-0.39, 0.29) is 6.03 Å². The molecule has 0 aliphatic rings. The fraction of sp³-hybridized carbons (Fsp3) is 0.438. The molecule has 104 valence electrons. The van der Waals surface area contributed by atoms with Crippen LogP contribution in [0.1, 0.15) is 31.9 Å². The number of nitrogens with one attached hydrogen (secondary N) is 2. The molecule has 0 aliphatic carbocycles. The minimum absolute atomic E-state index is 0.146. The first-order chi connectivity index (χ1) is 8.99. The molecular weight excluding hydrogens is 236 g/mol. The summed E-state index contributed by atoms with van der Waals surface area (Å²) < 4.78 is 0. The number of carbonyl (C=O) groups excluding carboxylic acids is 1. The van der Waals surface area contributed by atoms with Crippen LogP contribution in [0.2, 0.25) is 0 Å². The maximum absolute atomic E-state index is 11.5. The average molecular weight is 260 g/mol. The van der Waals surface area contributed by atoms with E-state index in [1.807, 2.05) is 6.92 Å². The largest absolute Gasteiger partial charge is 0.338 e. The monoisotopic (exact) mass is 260 g/mol. The van der Waals surface area contributed by atoms with Crippen molar-refractivity contribution in [3.8, 4) is 0 Å². The smallest absolute Gasteiger partial charge is 0.318 e. The van der Waals surface area contributed by atoms with Crippen LogP contribution in [-0.2, 0) is 6.42 Å². The zero-order chi connectivity index (χ0) is 14.3. The lowest BCUT2D eigenvalue weighted by Crippen LogP contribution is -2.33. The summed E-state index contributed by atoms with van der Waals surface area (Å²) in [5.74, 6) is 0.452. The van der Waals surface area contributed by atoms with Crippen molar-refractivity contribution in [1.29, 1.82) is 0 Å². The van der Waals surface area contributed by atoms with Crippen LogP contribution in [0, 0.1) is 12.8 Å². The summed E-state index contributed by atoms with van der Waals surface area (Å²) in [5, 5.41) is 5.59. The van der Waals surface area contributed by atoms with Crippen LogP contribution in [0.25, 0.3) is 0 Å². The molecule has 0 atom stereocenters. The zero-order valence-corrected chi connectivity index (χ0v) is 12.3. The van der Waals surface area contributed by atoms with Gasteiger partial charge in [0, 0.05) is 12.7 Å². The zero-order valence-electron chi connectivity index (χ0n) is 12.3. The molecule has 0 spiro atoms. The molecule has 0 aromatic heterocycles. The minimum atomic E-state index is -0.146. The molecule has 0 radical (unpaired) electrons. The Morgan fingerprint density at radius 2 is 1.89 bits per heavy atom. The number of hydrogen-bond donors (Lipinski definition) is 2. The predicted octanol–water partition coefficient (Wildman–Crippen LogP) is 3.40. The SMILES string of the molecule is C/C(=C\NC(=O)NCCc1ccc(C)cc1)C(C)C. The van der Waals surface area contributed by atoms with Gasteiger partial charge in [0.05, 0.1) is 0 Å². The van der Waals surface area contributed by atoms with Gasteiger partial charge >= 0.3 is 6.03 Å². The Labute approximate surface area is 116 Å². The normalized spacial score (nSPS) is 11.5. The van der Waals surface area contributed by atoms with Crippen molar-refractivity contribution in [2.24, 2.45) is 5.92 Å². The van der Waals surface area contributed by atoms with Crippen LogP contribution in [-0.4, -0.2) is 12.6 Å². The molecule has 3 nitrogen and oxygen atoms in total. The van der Waals surface area contributed by atoms with E-state index in [1.165, 1.54) is 11.1 Å². The fourth-order valence-electron chi connectivity index (χ4n) is 1.47. The fourth-order valence-corrected chi connectivity index (χ4v) is 1.47. The van der Waals surface area contributed by atoms with Crippen molar-refractivity contribution in [3.05, 3.63) is 47.2 Å². The van der Waals surface area contributed by atoms with Gasteiger partial charge in [-0.05, 0) is 31.7 Å². The predicted molar refractivity (Wildman–Crippen MR) is 80.0 cm³/mol. The van der Waals surface area contributed by atoms with Crippen molar-refractivity contribution < 1.29 is 4.79 Å². The highest BCUT2D eigenvalue weighted by Crippen LogP contribution is 2.05. The first-order valence-corrected chi connectivity index (χ1v) is 6.75. The van der Waals surface area contributed by atoms with E-state index in [0.29, 0.717) is 12.5 Å². The Bertz CT molecular complexity index is 433. The van der Waals surface area contributed by atoms with Crippen molar-refractivity contribution in [2.75, 3.05) is 6.54 Å². The van der Waals surface area contributed by atoms with E-state index in [4.69, 9.17) is 0 Å². The van der Waals surface area contributed by atoms with Gasteiger partial charge < -0.3 is 10.6 Å². The third-order valence-corrected chi connectivity index (χ3v) is 3.16. The van der Waals surface area contributed by atoms with E-state index < -0.39 is 0 Å². The van der Waals surface area contributed by atoms with Gasteiger partial charge in [0.15, 0.2) is 0 Å². The van der Waals surface area contributed by atoms with Crippen molar-refractivity contribution >= 4 is 6.03 Å². The highest BCUT2D eigenvalue weighted by molar-refractivity contribution is 5.74. The number of carbonyl (C=O) groups is 1. The molecule has 0 bridgehead atoms. The minimum Gasteiger partial charge on any atom is -0.338 e. The first kappa shape index (κ1) is 15.3. The quantitative estimate of drug-likeness (QED) is 0.837. The molecule has 3 heteroatoms. The average Bonchev–Trinajstić information content (AvgIpc) is 2.38. The molecule has 1 aromatic rings. The molecule has 0 fully saturated rings. The number of hydrogen-bond acceptors (Lipinski definition) is 1. The molecule has 2 amide bonds. The second kappa shape index (κ2) is 7.62. The van der Waals surface area contributed by atoms with Gasteiger partial charge in [-0.2, -0.15) is 0 Å². The summed E-state index contributed by atoms with van der Waals surface area (Å²) in [5.41, 5.74) is 3.65. The van der Waals surface area contributed by atoms with Crippen LogP contribution in [0.15, 0.2) is 36.0 Å². The van der Waals surface area contributed by atoms with E-state index in [9.17, 15) is 4.79 Å². The third kappa shape index (κ3) is 6.09. The Balaban J connectivity index is 2.27. The van der Waals surface area contributed by atoms with Gasteiger partial charge in [-0.3, -0.25) is 0 Å². The highest BCUT2D eigenvalue weighted by atomic mass is 16.2. The third-order valence-electron chi connectivity index (χ3n) is 3.16. The van der Waals surface area contributed by atoms with Crippen LogP contribution in [0.4, 0.5) is 4.79 Å². The first-order valence-electron chi connectivity index (χ1n) is 6.75. The van der Waals surface area contributed by atoms with Gasteiger partial charge in [0.25, 0.3) is 0 Å². The molecule has 0 heterocycles. The summed E-state index contributed by atoms with van der Waals surface area (Å²) in [7, 11) is 0. The van der Waals surface area contributed by atoms with Crippen molar-refractivity contribution in [2.45, 2.75) is 34.1 Å². The maximum Gasteiger partial charge on any atom is 0.318 e. The van der Waals surface area contributed by atoms with E-state index in [2.05, 4.69) is 55.7 Å². The van der Waals surface area contributed by atoms with Gasteiger partial charge in [-0.1, -0.05) is 49.2 Å². The second-order valence-corrected chi connectivity index (χ2v) is 5.18. The Morgan fingerprint density at radius 3 is 2.47 bits per heavy atom. The van der Waals surface area contributed by atoms with Gasteiger partial charge in [-0.25, -0.2) is 4.79 Å². The van der Waals surface area contributed by atoms with Crippen LogP contribution in [0.3, 0.4) is 0 Å². The summed E-state index contributed by atoms with van der Waals surface area (Å²) in [6, 6.07) is 8.22. The molecule has 0 saturated carbocycles. The van der Waals surface area contributed by atoms with Crippen LogP contribution >= 0.6 is 0 Å². The van der Waals surface area contributed by atoms with Crippen molar-refractivity contribution in [1.82, 2.24) is 10.6 Å². The summed E-state index contributed by atoms with van der Waals surface area (Å²) in [4.78, 5) is 11.5. The Morgan fingerprint density at radius 1 is 1.26 bits per heavy atom. The second-order valence-electron chi connectivity index (χ2n) is 5.18. The molecular formula is C16H24N2O. The summed E-state index contributed by atoms with van der Waals surface area (Å²) >= 11 is 0. The topological polar surface area (TPSA) is 41.1 Å². The van der Waals surface area contributed by atoms with Crippen LogP contribution in [0.5, 0.6) is 0 Å². The molecule has 0 unspecified atom stereocenters. The molecule has 2 N–H and O–H groups in total. The van der Waals surface area contributed by atoms with Crippen LogP contribution < -0.4 is 10.6 Å². The maximum atomic E-state index is 11.5. The van der Waals surface area contributed by atoms with Gasteiger partial charge in [-0.15, -0.1) is 0 Å². The van der Waals surface area contributed by atoms with Crippen molar-refractivity contribution in [3.63, 3.8) is 0 Å². The molecule has 1 rings (SSSR count). The standard InChI is InChI=1S/C16H24N2O/c1-12(2)14(4)11-18-16(19)17-10-9-15-7-5-13(3)6-8-15/h5-8,11-12H,9-10H2,1-4H3,(H2,17,18,19)/b14-11+. The summed E-state index contributed by atoms with van der Waals surface area (Å²) in [6.45, 7) is 8.92. The lowest BCUT2D eigenvalue weighted by Gasteiger charge is -2.08. The van der Waals surface area contributed by atoms with E-state index in [0.717, 1.165) is 12.0 Å². The number of rotatable bonds is 5. The molecule has 1 aromatic carbocycles. The number of amides is 2. The Kier molecular flexibility index (Phi) is 6.13. The van der Waals surface area contributed by atoms with Gasteiger partial charge in [0.1, 0.15) is 0 Å². The lowest BCUT2D eigenvalue weighted by atomic mass is 10.1. The lowest BCUT2D eigenvalue weighted by molar-refractivity contribution is 0.244. The molecule has 19 heavy (non-hydrogen) atoms. The van der Waals surface area contributed by atoms with E-state index in [1.54, 1.807) is 6.20 Å².